The number of carbonyl (C=O) groups excluding carboxylic acids is 3. The average Bonchev–Trinajstić information content (AvgIpc) is 2.75. The molecule has 0 spiro atoms. The Morgan fingerprint density at radius 1 is 1.13 bits per heavy atom. The van der Waals surface area contributed by atoms with Gasteiger partial charge in [0.25, 0.3) is 10.5 Å². The standard InChI is InChI=1S/C8H6O2S2.C4H8N2O2S2.CH4/c1-12(10)7-5-3-2-4-6(7)8(9)11-12;1-5-3(7)9-10-4(8)6-2;/h2-5H,1H2;1-2H3,(H,5,7)(H,6,8);1H4. The minimum absolute atomic E-state index is 0. The summed E-state index contributed by atoms with van der Waals surface area (Å²) in [6, 6.07) is 6.91. The highest BCUT2D eigenvalue weighted by Gasteiger charge is 2.28. The number of benzene rings is 1. The maximum atomic E-state index is 11.6. The summed E-state index contributed by atoms with van der Waals surface area (Å²) in [5.41, 5.74) is 0.544. The molecule has 1 heterocycles. The highest BCUT2D eigenvalue weighted by Crippen LogP contribution is 2.37. The predicted molar refractivity (Wildman–Crippen MR) is 103 cm³/mol. The lowest BCUT2D eigenvalue weighted by Crippen LogP contribution is -2.13. The Kier molecular flexibility index (Phi) is 9.44. The summed E-state index contributed by atoms with van der Waals surface area (Å²) in [6.45, 7) is 0. The van der Waals surface area contributed by atoms with Crippen molar-refractivity contribution in [2.45, 2.75) is 12.3 Å². The molecular weight excluding hydrogens is 376 g/mol. The molecule has 6 nitrogen and oxygen atoms in total. The smallest absolute Gasteiger partial charge is 0.289 e. The summed E-state index contributed by atoms with van der Waals surface area (Å²) >= 11 is 0. The topological polar surface area (TPSA) is 92.3 Å². The molecule has 1 aliphatic rings. The van der Waals surface area contributed by atoms with Crippen LogP contribution in [0.1, 0.15) is 17.8 Å². The number of hydrogen-bond acceptors (Lipinski definition) is 7. The van der Waals surface area contributed by atoms with E-state index in [0.717, 1.165) is 32.4 Å². The summed E-state index contributed by atoms with van der Waals surface area (Å²) in [5.74, 6) is 3.53. The van der Waals surface area contributed by atoms with Gasteiger partial charge < -0.3 is 10.6 Å². The van der Waals surface area contributed by atoms with Gasteiger partial charge in [-0.25, -0.2) is 0 Å². The van der Waals surface area contributed by atoms with E-state index in [9.17, 15) is 18.6 Å². The fourth-order valence-electron chi connectivity index (χ4n) is 1.28. The van der Waals surface area contributed by atoms with Crippen LogP contribution in [0, 0.1) is 0 Å². The Bertz CT molecular complexity index is 673. The summed E-state index contributed by atoms with van der Waals surface area (Å²) in [5, 5.41) is 4.15. The Labute approximate surface area is 147 Å². The van der Waals surface area contributed by atoms with Crippen molar-refractivity contribution in [3.05, 3.63) is 29.8 Å². The van der Waals surface area contributed by atoms with Gasteiger partial charge in [0.2, 0.25) is 5.12 Å². The van der Waals surface area contributed by atoms with Crippen molar-refractivity contribution in [3.63, 3.8) is 0 Å². The zero-order valence-corrected chi connectivity index (χ0v) is 15.0. The Balaban J connectivity index is 0.000000412. The molecule has 10 heteroatoms. The molecule has 0 bridgehead atoms. The van der Waals surface area contributed by atoms with Gasteiger partial charge in [0, 0.05) is 52.0 Å². The number of fused-ring (bicyclic) bond motifs is 1. The minimum Gasteiger partial charge on any atom is -0.349 e. The van der Waals surface area contributed by atoms with E-state index in [2.05, 4.69) is 16.5 Å². The lowest BCUT2D eigenvalue weighted by atomic mass is 10.2. The van der Waals surface area contributed by atoms with Gasteiger partial charge in [0.1, 0.15) is 0 Å². The van der Waals surface area contributed by atoms with Crippen LogP contribution >= 0.6 is 32.4 Å². The van der Waals surface area contributed by atoms with Crippen LogP contribution in [0.2, 0.25) is 0 Å². The molecule has 2 rings (SSSR count). The van der Waals surface area contributed by atoms with Crippen LogP contribution in [0.4, 0.5) is 9.59 Å². The van der Waals surface area contributed by atoms with Gasteiger partial charge in [0.15, 0.2) is 0 Å². The lowest BCUT2D eigenvalue weighted by molar-refractivity contribution is 0.108. The quantitative estimate of drug-likeness (QED) is 0.515. The second-order valence-corrected chi connectivity index (χ2v) is 10.1. The van der Waals surface area contributed by atoms with Gasteiger partial charge in [0.05, 0.1) is 13.4 Å². The second kappa shape index (κ2) is 9.91. The highest BCUT2D eigenvalue weighted by atomic mass is 33.1. The van der Waals surface area contributed by atoms with Gasteiger partial charge >= 0.3 is 0 Å². The van der Waals surface area contributed by atoms with Crippen molar-refractivity contribution in [3.8, 4) is 0 Å². The number of hydrogen-bond donors (Lipinski definition) is 2. The zero-order valence-electron chi connectivity index (χ0n) is 11.8. The van der Waals surface area contributed by atoms with Crippen LogP contribution in [0.3, 0.4) is 0 Å². The molecule has 0 saturated heterocycles. The molecule has 1 aromatic rings. The summed E-state index contributed by atoms with van der Waals surface area (Å²) in [4.78, 5) is 32.8. The average molecular weight is 395 g/mol. The van der Waals surface area contributed by atoms with Gasteiger partial charge in [-0.3, -0.25) is 18.6 Å². The maximum Gasteiger partial charge on any atom is 0.289 e. The van der Waals surface area contributed by atoms with Crippen LogP contribution < -0.4 is 10.6 Å². The Morgan fingerprint density at radius 3 is 2.04 bits per heavy atom. The molecule has 1 atom stereocenters. The summed E-state index contributed by atoms with van der Waals surface area (Å²) < 4.78 is 11.6. The normalized spacial score (nSPS) is 17.9. The Hall–Kier alpha value is -1.10. The van der Waals surface area contributed by atoms with E-state index in [-0.39, 0.29) is 23.0 Å². The Morgan fingerprint density at radius 2 is 1.61 bits per heavy atom. The third-order valence-electron chi connectivity index (χ3n) is 2.25. The zero-order chi connectivity index (χ0) is 16.8. The molecule has 23 heavy (non-hydrogen) atoms. The molecule has 0 aromatic heterocycles. The van der Waals surface area contributed by atoms with E-state index < -0.39 is 8.55 Å². The number of nitrogens with one attached hydrogen (secondary N) is 2. The molecule has 0 radical (unpaired) electrons. The lowest BCUT2D eigenvalue weighted by Gasteiger charge is -1.95. The van der Waals surface area contributed by atoms with E-state index >= 15 is 0 Å². The first-order valence-electron chi connectivity index (χ1n) is 5.79. The summed E-state index contributed by atoms with van der Waals surface area (Å²) in [7, 11) is 3.20. The fourth-order valence-corrected chi connectivity index (χ4v) is 5.71. The van der Waals surface area contributed by atoms with Crippen molar-refractivity contribution in [2.24, 2.45) is 0 Å². The first-order chi connectivity index (χ1) is 10.3. The van der Waals surface area contributed by atoms with Gasteiger partial charge in [-0.15, -0.1) is 0 Å². The first kappa shape index (κ1) is 21.9. The van der Waals surface area contributed by atoms with E-state index in [1.165, 1.54) is 14.1 Å². The van der Waals surface area contributed by atoms with Gasteiger partial charge in [-0.1, -0.05) is 19.6 Å². The van der Waals surface area contributed by atoms with Crippen molar-refractivity contribution >= 4 is 62.4 Å². The van der Waals surface area contributed by atoms with Crippen molar-refractivity contribution in [1.82, 2.24) is 10.6 Å². The van der Waals surface area contributed by atoms with Gasteiger partial charge in [-0.2, -0.15) is 0 Å². The van der Waals surface area contributed by atoms with Crippen LogP contribution in [0.5, 0.6) is 0 Å². The van der Waals surface area contributed by atoms with Crippen molar-refractivity contribution < 1.29 is 18.6 Å². The third-order valence-corrected chi connectivity index (χ3v) is 7.67. The number of rotatable bonds is 0. The largest absolute Gasteiger partial charge is 0.349 e. The number of carbonyl (C=O) groups is 3. The van der Waals surface area contributed by atoms with Gasteiger partial charge in [-0.05, 0) is 18.0 Å². The molecular formula is C13H18N2O4S4. The summed E-state index contributed by atoms with van der Waals surface area (Å²) in [6.07, 6.45) is 0. The maximum absolute atomic E-state index is 11.6. The molecule has 1 aromatic carbocycles. The second-order valence-electron chi connectivity index (χ2n) is 3.72. The van der Waals surface area contributed by atoms with Crippen molar-refractivity contribution in [2.75, 3.05) is 14.1 Å². The van der Waals surface area contributed by atoms with E-state index in [4.69, 9.17) is 0 Å². The SMILES string of the molecule is C.C=S1(=O)SC(=O)c2ccccc21.CNC(=O)SSC(=O)NC. The van der Waals surface area contributed by atoms with Crippen LogP contribution in [-0.4, -0.2) is 39.8 Å². The van der Waals surface area contributed by atoms with Crippen LogP contribution in [-0.2, 0) is 8.55 Å². The molecule has 2 N–H and O–H groups in total. The number of amides is 2. The third kappa shape index (κ3) is 6.50. The van der Waals surface area contributed by atoms with E-state index in [1.807, 2.05) is 0 Å². The first-order valence-corrected chi connectivity index (χ1v) is 11.0. The predicted octanol–water partition coefficient (Wildman–Crippen LogP) is 3.25. The van der Waals surface area contributed by atoms with Crippen molar-refractivity contribution in [1.29, 1.82) is 0 Å². The monoisotopic (exact) mass is 394 g/mol. The molecule has 1 unspecified atom stereocenters. The molecule has 128 valence electrons. The molecule has 0 fully saturated rings. The minimum atomic E-state index is -2.39. The van der Waals surface area contributed by atoms with Crippen LogP contribution in [0.15, 0.2) is 29.2 Å². The van der Waals surface area contributed by atoms with Crippen LogP contribution in [0.25, 0.3) is 0 Å². The molecule has 2 amide bonds. The highest BCUT2D eigenvalue weighted by molar-refractivity contribution is 8.87. The molecule has 0 aliphatic carbocycles. The molecule has 1 aliphatic heterocycles. The van der Waals surface area contributed by atoms with E-state index in [0.29, 0.717) is 10.5 Å². The fraction of sp³-hybridized carbons (Fsp3) is 0.231. The van der Waals surface area contributed by atoms with E-state index in [1.54, 1.807) is 24.3 Å². The molecule has 0 saturated carbocycles.